The average Bonchev–Trinajstić information content (AvgIpc) is 2.40. The van der Waals surface area contributed by atoms with Crippen molar-refractivity contribution in [3.05, 3.63) is 28.5 Å². The normalized spacial score (nSPS) is 18.3. The maximum Gasteiger partial charge on any atom is 0.254 e. The molecule has 1 aromatic rings. The van der Waals surface area contributed by atoms with Gasteiger partial charge in [0.1, 0.15) is 4.60 Å². The minimum atomic E-state index is -0.0750. The van der Waals surface area contributed by atoms with Crippen molar-refractivity contribution in [1.29, 1.82) is 0 Å². The molecule has 0 saturated carbocycles. The molecule has 1 aliphatic rings. The summed E-state index contributed by atoms with van der Waals surface area (Å²) in [6.45, 7) is 3.64. The summed E-state index contributed by atoms with van der Waals surface area (Å²) in [5.41, 5.74) is 0.580. The van der Waals surface area contributed by atoms with Gasteiger partial charge < -0.3 is 10.1 Å². The summed E-state index contributed by atoms with van der Waals surface area (Å²) in [4.78, 5) is 16.2. The van der Waals surface area contributed by atoms with Crippen LogP contribution in [0.3, 0.4) is 0 Å². The van der Waals surface area contributed by atoms with Gasteiger partial charge in [0.25, 0.3) is 5.91 Å². The number of pyridine rings is 1. The van der Waals surface area contributed by atoms with E-state index in [1.54, 1.807) is 18.3 Å². The fourth-order valence-corrected chi connectivity index (χ4v) is 2.60. The van der Waals surface area contributed by atoms with E-state index in [4.69, 9.17) is 4.74 Å². The van der Waals surface area contributed by atoms with Crippen molar-refractivity contribution in [3.8, 4) is 0 Å². The highest BCUT2D eigenvalue weighted by atomic mass is 79.9. The molecule has 0 spiro atoms. The zero-order chi connectivity index (χ0) is 13.0. The fraction of sp³-hybridized carbons (Fsp3) is 0.538. The van der Waals surface area contributed by atoms with E-state index in [-0.39, 0.29) is 11.9 Å². The van der Waals surface area contributed by atoms with Gasteiger partial charge in [-0.05, 0) is 53.7 Å². The van der Waals surface area contributed by atoms with Crippen LogP contribution in [0.25, 0.3) is 0 Å². The van der Waals surface area contributed by atoms with Crippen LogP contribution in [-0.2, 0) is 4.74 Å². The van der Waals surface area contributed by atoms with Crippen molar-refractivity contribution in [2.45, 2.75) is 25.8 Å². The predicted octanol–water partition coefficient (Wildman–Crippen LogP) is 2.39. The lowest BCUT2D eigenvalue weighted by atomic mass is 9.93. The predicted molar refractivity (Wildman–Crippen MR) is 72.4 cm³/mol. The molecule has 0 radical (unpaired) electrons. The van der Waals surface area contributed by atoms with Crippen LogP contribution in [0.15, 0.2) is 22.9 Å². The molecule has 2 heterocycles. The smallest absolute Gasteiger partial charge is 0.254 e. The molecule has 1 fully saturated rings. The van der Waals surface area contributed by atoms with Gasteiger partial charge >= 0.3 is 0 Å². The number of nitrogens with one attached hydrogen (secondary N) is 1. The van der Waals surface area contributed by atoms with Crippen molar-refractivity contribution in [2.75, 3.05) is 13.2 Å². The van der Waals surface area contributed by atoms with Crippen molar-refractivity contribution >= 4 is 21.8 Å². The van der Waals surface area contributed by atoms with E-state index in [2.05, 4.69) is 33.2 Å². The number of carbonyl (C=O) groups is 1. The second-order valence-electron chi connectivity index (χ2n) is 4.55. The molecule has 4 nitrogen and oxygen atoms in total. The summed E-state index contributed by atoms with van der Waals surface area (Å²) in [5.74, 6) is 0.423. The van der Waals surface area contributed by atoms with E-state index in [1.165, 1.54) is 0 Å². The number of carbonyl (C=O) groups excluding carboxylic acids is 1. The number of aromatic nitrogens is 1. The molecule has 0 aliphatic carbocycles. The van der Waals surface area contributed by atoms with Gasteiger partial charge in [0.2, 0.25) is 0 Å². The first-order chi connectivity index (χ1) is 8.68. The van der Waals surface area contributed by atoms with Crippen LogP contribution >= 0.6 is 15.9 Å². The minimum Gasteiger partial charge on any atom is -0.381 e. The van der Waals surface area contributed by atoms with Gasteiger partial charge in [-0.25, -0.2) is 4.98 Å². The first-order valence-electron chi connectivity index (χ1n) is 6.17. The molecule has 1 atom stereocenters. The van der Waals surface area contributed by atoms with Crippen LogP contribution < -0.4 is 5.32 Å². The van der Waals surface area contributed by atoms with E-state index >= 15 is 0 Å². The van der Waals surface area contributed by atoms with Gasteiger partial charge in [0.05, 0.1) is 5.56 Å². The maximum atomic E-state index is 12.1. The monoisotopic (exact) mass is 312 g/mol. The van der Waals surface area contributed by atoms with Gasteiger partial charge in [0.15, 0.2) is 0 Å². The molecule has 1 amide bonds. The minimum absolute atomic E-state index is 0.0750. The van der Waals surface area contributed by atoms with Crippen molar-refractivity contribution in [3.63, 3.8) is 0 Å². The van der Waals surface area contributed by atoms with Crippen LogP contribution in [0.5, 0.6) is 0 Å². The Labute approximate surface area is 115 Å². The second-order valence-corrected chi connectivity index (χ2v) is 5.30. The lowest BCUT2D eigenvalue weighted by molar-refractivity contribution is 0.0538. The van der Waals surface area contributed by atoms with Gasteiger partial charge in [-0.1, -0.05) is 0 Å². The van der Waals surface area contributed by atoms with Crippen molar-refractivity contribution in [2.24, 2.45) is 5.92 Å². The molecule has 98 valence electrons. The Morgan fingerprint density at radius 2 is 2.28 bits per heavy atom. The SMILES string of the molecule is CC(NC(=O)c1cccnc1Br)C1CCOCC1. The first-order valence-corrected chi connectivity index (χ1v) is 6.97. The third-order valence-corrected chi connectivity index (χ3v) is 3.97. The number of nitrogens with zero attached hydrogens (tertiary/aromatic N) is 1. The van der Waals surface area contributed by atoms with Gasteiger partial charge in [0, 0.05) is 25.5 Å². The molecule has 18 heavy (non-hydrogen) atoms. The molecular weight excluding hydrogens is 296 g/mol. The second kappa shape index (κ2) is 6.29. The largest absolute Gasteiger partial charge is 0.381 e. The zero-order valence-corrected chi connectivity index (χ0v) is 11.9. The van der Waals surface area contributed by atoms with Crippen LogP contribution in [0.1, 0.15) is 30.1 Å². The maximum absolute atomic E-state index is 12.1. The Hall–Kier alpha value is -0.940. The standard InChI is InChI=1S/C13H17BrN2O2/c1-9(10-4-7-18-8-5-10)16-13(17)11-3-2-6-15-12(11)14/h2-3,6,9-10H,4-5,7-8H2,1H3,(H,16,17). The highest BCUT2D eigenvalue weighted by molar-refractivity contribution is 9.10. The summed E-state index contributed by atoms with van der Waals surface area (Å²) in [6.07, 6.45) is 3.67. The van der Waals surface area contributed by atoms with Crippen molar-refractivity contribution < 1.29 is 9.53 Å². The molecule has 1 saturated heterocycles. The van der Waals surface area contributed by atoms with E-state index in [9.17, 15) is 4.79 Å². The van der Waals surface area contributed by atoms with Crippen molar-refractivity contribution in [1.82, 2.24) is 10.3 Å². The first kappa shape index (κ1) is 13.5. The number of hydrogen-bond acceptors (Lipinski definition) is 3. The highest BCUT2D eigenvalue weighted by Crippen LogP contribution is 2.19. The quantitative estimate of drug-likeness (QED) is 0.872. The third kappa shape index (κ3) is 3.29. The Bertz CT molecular complexity index is 419. The number of hydrogen-bond donors (Lipinski definition) is 1. The number of rotatable bonds is 3. The summed E-state index contributed by atoms with van der Waals surface area (Å²) in [6, 6.07) is 3.69. The number of ether oxygens (including phenoxy) is 1. The number of amides is 1. The van der Waals surface area contributed by atoms with Gasteiger partial charge in [-0.3, -0.25) is 4.79 Å². The fourth-order valence-electron chi connectivity index (χ4n) is 2.17. The average molecular weight is 313 g/mol. The molecule has 1 unspecified atom stereocenters. The Balaban J connectivity index is 1.96. The molecule has 0 aromatic carbocycles. The topological polar surface area (TPSA) is 51.2 Å². The highest BCUT2D eigenvalue weighted by Gasteiger charge is 2.22. The Kier molecular flexibility index (Phi) is 4.72. The zero-order valence-electron chi connectivity index (χ0n) is 10.4. The molecule has 1 aliphatic heterocycles. The molecule has 1 aromatic heterocycles. The molecule has 1 N–H and O–H groups in total. The van der Waals surface area contributed by atoms with Gasteiger partial charge in [-0.15, -0.1) is 0 Å². The van der Waals surface area contributed by atoms with E-state index < -0.39 is 0 Å². The van der Waals surface area contributed by atoms with Gasteiger partial charge in [-0.2, -0.15) is 0 Å². The summed E-state index contributed by atoms with van der Waals surface area (Å²) in [5, 5.41) is 3.04. The summed E-state index contributed by atoms with van der Waals surface area (Å²) < 4.78 is 5.91. The number of halogens is 1. The molecule has 0 bridgehead atoms. The van der Waals surface area contributed by atoms with E-state index in [0.29, 0.717) is 16.1 Å². The van der Waals surface area contributed by atoms with Crippen LogP contribution in [0.2, 0.25) is 0 Å². The third-order valence-electron chi connectivity index (χ3n) is 3.34. The molecule has 5 heteroatoms. The summed E-state index contributed by atoms with van der Waals surface area (Å²) in [7, 11) is 0. The molecular formula is C13H17BrN2O2. The molecule has 2 rings (SSSR count). The van der Waals surface area contributed by atoms with Crippen LogP contribution in [-0.4, -0.2) is 30.1 Å². The lowest BCUT2D eigenvalue weighted by Crippen LogP contribution is -2.40. The summed E-state index contributed by atoms with van der Waals surface area (Å²) >= 11 is 3.29. The van der Waals surface area contributed by atoms with Crippen LogP contribution in [0, 0.1) is 5.92 Å². The van der Waals surface area contributed by atoms with E-state index in [0.717, 1.165) is 26.1 Å². The van der Waals surface area contributed by atoms with Crippen LogP contribution in [0.4, 0.5) is 0 Å². The Morgan fingerprint density at radius 1 is 1.56 bits per heavy atom. The van der Waals surface area contributed by atoms with E-state index in [1.807, 2.05) is 0 Å². The Morgan fingerprint density at radius 3 is 2.94 bits per heavy atom. The lowest BCUT2D eigenvalue weighted by Gasteiger charge is -2.28.